The molecule has 1 aliphatic heterocycles. The summed E-state index contributed by atoms with van der Waals surface area (Å²) in [6.07, 6.45) is 1.85. The van der Waals surface area contributed by atoms with E-state index in [9.17, 15) is 28.8 Å². The fraction of sp³-hybridized carbons (Fsp3) is 0.739. The minimum atomic E-state index is -0.937. The molecule has 10 atom stereocenters. The van der Waals surface area contributed by atoms with Crippen LogP contribution < -0.4 is 5.73 Å². The normalized spacial score (nSPS) is 22.7. The number of carbonyl (C=O) groups excluding carboxylic acids is 5. The molecular formula is C46H74N4O9. The lowest BCUT2D eigenvalue weighted by atomic mass is 9.83. The molecule has 3 N–H and O–H groups in total. The molecule has 0 aromatic heterocycles. The van der Waals surface area contributed by atoms with Crippen LogP contribution in [0.25, 0.3) is 0 Å². The minimum absolute atomic E-state index is 0.00374. The van der Waals surface area contributed by atoms with E-state index < -0.39 is 53.4 Å². The summed E-state index contributed by atoms with van der Waals surface area (Å²) in [5.41, 5.74) is 5.97. The van der Waals surface area contributed by atoms with Gasteiger partial charge in [-0.15, -0.1) is 0 Å². The average molecular weight is 827 g/mol. The summed E-state index contributed by atoms with van der Waals surface area (Å²) in [6.45, 7) is 14.6. The first-order chi connectivity index (χ1) is 27.8. The predicted octanol–water partition coefficient (Wildman–Crippen LogP) is 5.58. The number of benzene rings is 1. The maximum atomic E-state index is 14.5. The number of amides is 3. The van der Waals surface area contributed by atoms with Gasteiger partial charge in [0.2, 0.25) is 17.7 Å². The van der Waals surface area contributed by atoms with Crippen molar-refractivity contribution < 1.29 is 43.3 Å². The number of aliphatic carboxylic acids is 1. The number of carboxylic acid groups (broad SMARTS) is 1. The molecule has 1 aromatic rings. The lowest BCUT2D eigenvalue weighted by Gasteiger charge is -2.41. The van der Waals surface area contributed by atoms with Gasteiger partial charge in [-0.2, -0.15) is 0 Å². The second kappa shape index (κ2) is 22.2. The zero-order valence-corrected chi connectivity index (χ0v) is 37.6. The van der Waals surface area contributed by atoms with Gasteiger partial charge in [-0.05, 0) is 68.5 Å². The SMILES string of the molecule is CC[C@H](C)[C@@H]([C@@H](CC(=O)N1CCC[C@H]1[C@H](OC)[C@@H](C)C(=O)C[C@@]1(C(N)=O)C[C@@H]1c1ccccc1)OC)N(C)C(=O)[C@@H](CC(=O)[C@H](C(C)C)N(C)CCCC(=O)O)C(C)C. The molecule has 1 heterocycles. The zero-order chi connectivity index (χ0) is 44.4. The van der Waals surface area contributed by atoms with E-state index in [2.05, 4.69) is 0 Å². The molecule has 3 amide bonds. The van der Waals surface area contributed by atoms with Crippen LogP contribution in [0.15, 0.2) is 30.3 Å². The number of hydrogen-bond acceptors (Lipinski definition) is 9. The number of nitrogens with two attached hydrogens (primary N) is 1. The zero-order valence-electron chi connectivity index (χ0n) is 37.6. The second-order valence-corrected chi connectivity index (χ2v) is 18.1. The number of ether oxygens (including phenoxy) is 2. The van der Waals surface area contributed by atoms with Gasteiger partial charge >= 0.3 is 5.97 Å². The number of carboxylic acids is 1. The number of likely N-dealkylation sites (tertiary alicyclic amines) is 1. The first-order valence-corrected chi connectivity index (χ1v) is 21.7. The number of methoxy groups -OCH3 is 2. The first-order valence-electron chi connectivity index (χ1n) is 21.7. The molecule has 2 aliphatic rings. The molecule has 332 valence electrons. The van der Waals surface area contributed by atoms with Gasteiger partial charge in [0.1, 0.15) is 5.78 Å². The summed E-state index contributed by atoms with van der Waals surface area (Å²) in [5.74, 6) is -3.46. The second-order valence-electron chi connectivity index (χ2n) is 18.1. The Morgan fingerprint density at radius 2 is 1.58 bits per heavy atom. The number of hydrogen-bond donors (Lipinski definition) is 2. The first kappa shape index (κ1) is 49.7. The number of primary amides is 1. The molecular weight excluding hydrogens is 753 g/mol. The highest BCUT2D eigenvalue weighted by Crippen LogP contribution is 2.61. The van der Waals surface area contributed by atoms with E-state index in [4.69, 9.17) is 20.3 Å². The Labute approximate surface area is 353 Å². The van der Waals surface area contributed by atoms with Gasteiger partial charge in [0.15, 0.2) is 5.78 Å². The highest BCUT2D eigenvalue weighted by molar-refractivity contribution is 5.94. The highest BCUT2D eigenvalue weighted by Gasteiger charge is 2.61. The molecule has 0 radical (unpaired) electrons. The van der Waals surface area contributed by atoms with Gasteiger partial charge < -0.3 is 30.1 Å². The van der Waals surface area contributed by atoms with Crippen LogP contribution in [0.3, 0.4) is 0 Å². The molecule has 1 aliphatic carbocycles. The Balaban J connectivity index is 1.78. The number of likely N-dealkylation sites (N-methyl/N-ethyl adjacent to an activating group) is 2. The average Bonchev–Trinajstić information content (AvgIpc) is 3.72. The molecule has 1 saturated heterocycles. The summed E-state index contributed by atoms with van der Waals surface area (Å²) in [5, 5.41) is 9.12. The maximum absolute atomic E-state index is 14.5. The topological polar surface area (TPSA) is 177 Å². The molecule has 13 heteroatoms. The van der Waals surface area contributed by atoms with Crippen LogP contribution in [0.1, 0.15) is 118 Å². The van der Waals surface area contributed by atoms with Gasteiger partial charge in [0.05, 0.1) is 42.2 Å². The van der Waals surface area contributed by atoms with Gasteiger partial charge in [-0.25, -0.2) is 0 Å². The van der Waals surface area contributed by atoms with E-state index in [1.54, 1.807) is 38.0 Å². The van der Waals surface area contributed by atoms with Gasteiger partial charge in [0.25, 0.3) is 0 Å². The standard InChI is InChI=1S/C46H74N4O9/c1-12-30(6)42(49(9)44(56)33(28(2)3)24-36(51)41(29(4)5)48(8)22-17-21-40(54)55)38(58-10)25-39(53)50-23-16-20-35(50)43(59-11)31(7)37(52)27-46(45(47)57)26-34(46)32-18-14-13-15-19-32/h13-15,18-19,28-31,33-35,38,41-43H,12,16-17,20-27H2,1-11H3,(H2,47,57)(H,54,55)/t30-,31-,33-,34+,35-,38+,41-,42-,43+,46-/m0/s1. The van der Waals surface area contributed by atoms with Gasteiger partial charge in [0, 0.05) is 58.9 Å². The third-order valence-corrected chi connectivity index (χ3v) is 13.5. The fourth-order valence-corrected chi connectivity index (χ4v) is 9.75. The van der Waals surface area contributed by atoms with Crippen molar-refractivity contribution in [1.29, 1.82) is 0 Å². The van der Waals surface area contributed by atoms with Crippen LogP contribution in [0, 0.1) is 35.0 Å². The van der Waals surface area contributed by atoms with Crippen LogP contribution in [0.4, 0.5) is 0 Å². The van der Waals surface area contributed by atoms with Crippen molar-refractivity contribution in [2.45, 2.75) is 143 Å². The molecule has 3 rings (SSSR count). The van der Waals surface area contributed by atoms with Crippen molar-refractivity contribution >= 4 is 35.3 Å². The largest absolute Gasteiger partial charge is 0.481 e. The summed E-state index contributed by atoms with van der Waals surface area (Å²) in [6, 6.07) is 8.34. The lowest BCUT2D eigenvalue weighted by molar-refractivity contribution is -0.149. The summed E-state index contributed by atoms with van der Waals surface area (Å²) in [4.78, 5) is 85.9. The van der Waals surface area contributed by atoms with Crippen molar-refractivity contribution in [2.24, 2.45) is 40.7 Å². The predicted molar refractivity (Wildman–Crippen MR) is 227 cm³/mol. The highest BCUT2D eigenvalue weighted by atomic mass is 16.5. The van der Waals surface area contributed by atoms with Crippen LogP contribution in [0.2, 0.25) is 0 Å². The monoisotopic (exact) mass is 827 g/mol. The van der Waals surface area contributed by atoms with E-state index in [1.807, 2.05) is 83.8 Å². The smallest absolute Gasteiger partial charge is 0.303 e. The van der Waals surface area contributed by atoms with Crippen molar-refractivity contribution in [2.75, 3.05) is 41.4 Å². The number of Topliss-reactive ketones (excluding diaryl/α,β-unsaturated/α-hetero) is 2. The Morgan fingerprint density at radius 3 is 2.10 bits per heavy atom. The van der Waals surface area contributed by atoms with E-state index in [1.165, 1.54) is 0 Å². The van der Waals surface area contributed by atoms with E-state index in [0.717, 1.165) is 12.0 Å². The van der Waals surface area contributed by atoms with Crippen LogP contribution in [-0.2, 0) is 38.2 Å². The Bertz CT molecular complexity index is 1590. The van der Waals surface area contributed by atoms with Crippen LogP contribution in [-0.4, -0.2) is 127 Å². The lowest BCUT2D eigenvalue weighted by Crippen LogP contribution is -2.54. The summed E-state index contributed by atoms with van der Waals surface area (Å²) >= 11 is 0. The van der Waals surface area contributed by atoms with E-state index >= 15 is 0 Å². The van der Waals surface area contributed by atoms with E-state index in [0.29, 0.717) is 38.8 Å². The Kier molecular flexibility index (Phi) is 18.7. The third kappa shape index (κ3) is 12.2. The Morgan fingerprint density at radius 1 is 0.932 bits per heavy atom. The quantitative estimate of drug-likeness (QED) is 0.120. The van der Waals surface area contributed by atoms with Crippen molar-refractivity contribution in [3.8, 4) is 0 Å². The third-order valence-electron chi connectivity index (χ3n) is 13.5. The number of rotatable bonds is 26. The number of ketones is 2. The molecule has 1 saturated carbocycles. The minimum Gasteiger partial charge on any atom is -0.481 e. The van der Waals surface area contributed by atoms with Gasteiger partial charge in [-0.3, -0.25) is 33.7 Å². The molecule has 0 unspecified atom stereocenters. The molecule has 59 heavy (non-hydrogen) atoms. The van der Waals surface area contributed by atoms with Crippen molar-refractivity contribution in [3.63, 3.8) is 0 Å². The number of carbonyl (C=O) groups is 6. The van der Waals surface area contributed by atoms with Crippen LogP contribution in [0.5, 0.6) is 0 Å². The van der Waals surface area contributed by atoms with E-state index in [-0.39, 0.29) is 78.8 Å². The van der Waals surface area contributed by atoms with Crippen LogP contribution >= 0.6 is 0 Å². The number of nitrogens with zero attached hydrogens (tertiary/aromatic N) is 3. The molecule has 0 bridgehead atoms. The summed E-state index contributed by atoms with van der Waals surface area (Å²) < 4.78 is 12.1. The van der Waals surface area contributed by atoms with Crippen molar-refractivity contribution in [1.82, 2.24) is 14.7 Å². The molecule has 1 aromatic carbocycles. The Hall–Kier alpha value is -3.68. The van der Waals surface area contributed by atoms with Crippen molar-refractivity contribution in [3.05, 3.63) is 35.9 Å². The molecule has 2 fully saturated rings. The summed E-state index contributed by atoms with van der Waals surface area (Å²) in [7, 11) is 6.67. The fourth-order valence-electron chi connectivity index (χ4n) is 9.75. The maximum Gasteiger partial charge on any atom is 0.303 e. The molecule has 13 nitrogen and oxygen atoms in total. The van der Waals surface area contributed by atoms with Gasteiger partial charge in [-0.1, -0.05) is 85.2 Å². The molecule has 0 spiro atoms.